The molecule has 0 unspecified atom stereocenters. The first-order chi connectivity index (χ1) is 11.6. The van der Waals surface area contributed by atoms with Crippen LogP contribution in [0.25, 0.3) is 0 Å². The van der Waals surface area contributed by atoms with Gasteiger partial charge in [0.05, 0.1) is 5.02 Å². The topological polar surface area (TPSA) is 48.6 Å². The van der Waals surface area contributed by atoms with Gasteiger partial charge in [-0.3, -0.25) is 9.69 Å². The van der Waals surface area contributed by atoms with Gasteiger partial charge in [0, 0.05) is 43.9 Å². The summed E-state index contributed by atoms with van der Waals surface area (Å²) in [6, 6.07) is 9.01. The summed E-state index contributed by atoms with van der Waals surface area (Å²) in [6.45, 7) is 4.53. The number of halogens is 2. The summed E-state index contributed by atoms with van der Waals surface area (Å²) in [6.07, 6.45) is 1.62. The Bertz CT molecular complexity index is 679. The van der Waals surface area contributed by atoms with Gasteiger partial charge in [-0.05, 0) is 30.3 Å². The van der Waals surface area contributed by atoms with Gasteiger partial charge in [0.25, 0.3) is 5.91 Å². The van der Waals surface area contributed by atoms with E-state index in [4.69, 9.17) is 27.9 Å². The Kier molecular flexibility index (Phi) is 5.66. The van der Waals surface area contributed by atoms with Crippen LogP contribution >= 0.6 is 23.2 Å². The number of nitrogens with one attached hydrogen (secondary N) is 1. The number of benzene rings is 1. The number of carbonyl (C=O) groups is 1. The highest BCUT2D eigenvalue weighted by Crippen LogP contribution is 2.16. The Morgan fingerprint density at radius 1 is 1.08 bits per heavy atom. The van der Waals surface area contributed by atoms with E-state index in [0.717, 1.165) is 25.4 Å². The maximum Gasteiger partial charge on any atom is 0.270 e. The molecule has 0 radical (unpaired) electrons. The van der Waals surface area contributed by atoms with Crippen molar-refractivity contribution >= 4 is 29.1 Å². The molecule has 24 heavy (non-hydrogen) atoms. The molecule has 7 heteroatoms. The smallest absolute Gasteiger partial charge is 0.270 e. The zero-order valence-electron chi connectivity index (χ0n) is 13.2. The van der Waals surface area contributed by atoms with E-state index in [2.05, 4.69) is 9.88 Å². The lowest BCUT2D eigenvalue weighted by molar-refractivity contribution is 0.0615. The van der Waals surface area contributed by atoms with E-state index in [1.54, 1.807) is 12.3 Å². The second-order valence-corrected chi connectivity index (χ2v) is 6.54. The van der Waals surface area contributed by atoms with Crippen LogP contribution in [0.1, 0.15) is 10.5 Å². The fourth-order valence-corrected chi connectivity index (χ4v) is 2.95. The van der Waals surface area contributed by atoms with Crippen molar-refractivity contribution in [2.75, 3.05) is 39.3 Å². The highest BCUT2D eigenvalue weighted by Gasteiger charge is 2.22. The monoisotopic (exact) mass is 367 g/mol. The summed E-state index contributed by atoms with van der Waals surface area (Å²) in [7, 11) is 0. The van der Waals surface area contributed by atoms with E-state index < -0.39 is 0 Å². The van der Waals surface area contributed by atoms with Gasteiger partial charge in [0.1, 0.15) is 18.1 Å². The standard InChI is InChI=1S/C17H19Cl2N3O2/c18-13-1-3-15(4-2-13)24-10-9-21-5-7-22(8-6-21)17(23)16-11-14(19)12-20-16/h1-4,11-12,20H,5-10H2. The molecule has 1 N–H and O–H groups in total. The molecule has 2 heterocycles. The first-order valence-electron chi connectivity index (χ1n) is 7.86. The van der Waals surface area contributed by atoms with Gasteiger partial charge in [0.2, 0.25) is 0 Å². The molecular weight excluding hydrogens is 349 g/mol. The average Bonchev–Trinajstić information content (AvgIpc) is 3.03. The van der Waals surface area contributed by atoms with E-state index >= 15 is 0 Å². The number of aromatic nitrogens is 1. The summed E-state index contributed by atoms with van der Waals surface area (Å²) >= 11 is 11.7. The second kappa shape index (κ2) is 7.92. The molecule has 0 aliphatic carbocycles. The molecule has 1 aliphatic heterocycles. The fraction of sp³-hybridized carbons (Fsp3) is 0.353. The summed E-state index contributed by atoms with van der Waals surface area (Å²) in [5, 5.41) is 1.25. The van der Waals surface area contributed by atoms with Crippen LogP contribution in [-0.4, -0.2) is 60.0 Å². The van der Waals surface area contributed by atoms with Crippen molar-refractivity contribution in [2.45, 2.75) is 0 Å². The lowest BCUT2D eigenvalue weighted by Gasteiger charge is -2.34. The van der Waals surface area contributed by atoms with Gasteiger partial charge >= 0.3 is 0 Å². The maximum absolute atomic E-state index is 12.3. The molecule has 0 atom stereocenters. The fourth-order valence-electron chi connectivity index (χ4n) is 2.66. The van der Waals surface area contributed by atoms with Crippen LogP contribution in [0.4, 0.5) is 0 Å². The number of H-pyrrole nitrogens is 1. The normalized spacial score (nSPS) is 15.5. The van der Waals surface area contributed by atoms with E-state index in [1.165, 1.54) is 0 Å². The quantitative estimate of drug-likeness (QED) is 0.882. The van der Waals surface area contributed by atoms with Gasteiger partial charge in [-0.1, -0.05) is 23.2 Å². The minimum absolute atomic E-state index is 0.000959. The number of piperazine rings is 1. The van der Waals surface area contributed by atoms with Crippen molar-refractivity contribution in [2.24, 2.45) is 0 Å². The average molecular weight is 368 g/mol. The lowest BCUT2D eigenvalue weighted by atomic mass is 10.3. The third kappa shape index (κ3) is 4.44. The highest BCUT2D eigenvalue weighted by atomic mass is 35.5. The molecule has 1 amide bonds. The van der Waals surface area contributed by atoms with Crippen LogP contribution in [0.5, 0.6) is 5.75 Å². The second-order valence-electron chi connectivity index (χ2n) is 5.67. The van der Waals surface area contributed by atoms with Crippen molar-refractivity contribution in [3.05, 3.63) is 52.3 Å². The van der Waals surface area contributed by atoms with Gasteiger partial charge in [-0.15, -0.1) is 0 Å². The molecule has 0 spiro atoms. The van der Waals surface area contributed by atoms with Gasteiger partial charge in [-0.2, -0.15) is 0 Å². The Balaban J connectivity index is 1.40. The van der Waals surface area contributed by atoms with Crippen LogP contribution in [0.2, 0.25) is 10.0 Å². The SMILES string of the molecule is O=C(c1cc(Cl)c[nH]1)N1CCN(CCOc2ccc(Cl)cc2)CC1. The first-order valence-corrected chi connectivity index (χ1v) is 8.61. The van der Waals surface area contributed by atoms with Crippen molar-refractivity contribution in [1.82, 2.24) is 14.8 Å². The minimum Gasteiger partial charge on any atom is -0.492 e. The molecular formula is C17H19Cl2N3O2. The van der Waals surface area contributed by atoms with E-state index in [1.807, 2.05) is 29.2 Å². The van der Waals surface area contributed by atoms with Crippen LogP contribution < -0.4 is 4.74 Å². The number of ether oxygens (including phenoxy) is 1. The highest BCUT2D eigenvalue weighted by molar-refractivity contribution is 6.31. The molecule has 128 valence electrons. The lowest BCUT2D eigenvalue weighted by Crippen LogP contribution is -2.49. The molecule has 0 saturated carbocycles. The summed E-state index contributed by atoms with van der Waals surface area (Å²) in [5.74, 6) is 0.816. The summed E-state index contributed by atoms with van der Waals surface area (Å²) in [5.41, 5.74) is 0.541. The molecule has 1 aromatic heterocycles. The maximum atomic E-state index is 12.3. The van der Waals surface area contributed by atoms with Crippen molar-refractivity contribution < 1.29 is 9.53 Å². The van der Waals surface area contributed by atoms with E-state index in [0.29, 0.717) is 35.4 Å². The molecule has 1 aliphatic rings. The van der Waals surface area contributed by atoms with Crippen LogP contribution in [0, 0.1) is 0 Å². The number of rotatable bonds is 5. The Hall–Kier alpha value is -1.69. The van der Waals surface area contributed by atoms with Gasteiger partial charge < -0.3 is 14.6 Å². The van der Waals surface area contributed by atoms with Crippen molar-refractivity contribution in [1.29, 1.82) is 0 Å². The van der Waals surface area contributed by atoms with Crippen LogP contribution in [-0.2, 0) is 0 Å². The molecule has 1 fully saturated rings. The number of amides is 1. The van der Waals surface area contributed by atoms with E-state index in [9.17, 15) is 4.79 Å². The third-order valence-electron chi connectivity index (χ3n) is 4.03. The number of hydrogen-bond acceptors (Lipinski definition) is 3. The molecule has 5 nitrogen and oxygen atoms in total. The molecule has 1 saturated heterocycles. The van der Waals surface area contributed by atoms with Crippen molar-refractivity contribution in [3.8, 4) is 5.75 Å². The van der Waals surface area contributed by atoms with Crippen molar-refractivity contribution in [3.63, 3.8) is 0 Å². The number of aromatic amines is 1. The zero-order chi connectivity index (χ0) is 16.9. The molecule has 3 rings (SSSR count). The predicted molar refractivity (Wildman–Crippen MR) is 95.1 cm³/mol. The Morgan fingerprint density at radius 3 is 2.42 bits per heavy atom. The van der Waals surface area contributed by atoms with Gasteiger partial charge in [0.15, 0.2) is 0 Å². The first kappa shape index (κ1) is 17.1. The number of nitrogens with zero attached hydrogens (tertiary/aromatic N) is 2. The summed E-state index contributed by atoms with van der Waals surface area (Å²) < 4.78 is 5.71. The zero-order valence-corrected chi connectivity index (χ0v) is 14.7. The van der Waals surface area contributed by atoms with Crippen LogP contribution in [0.15, 0.2) is 36.5 Å². The van der Waals surface area contributed by atoms with Gasteiger partial charge in [-0.25, -0.2) is 0 Å². The molecule has 1 aromatic carbocycles. The summed E-state index contributed by atoms with van der Waals surface area (Å²) in [4.78, 5) is 19.4. The predicted octanol–water partition coefficient (Wildman–Crippen LogP) is 3.16. The molecule has 2 aromatic rings. The van der Waals surface area contributed by atoms with Crippen LogP contribution in [0.3, 0.4) is 0 Å². The Morgan fingerprint density at radius 2 is 1.79 bits per heavy atom. The minimum atomic E-state index is -0.000959. The molecule has 0 bridgehead atoms. The largest absolute Gasteiger partial charge is 0.492 e. The number of hydrogen-bond donors (Lipinski definition) is 1. The third-order valence-corrected chi connectivity index (χ3v) is 4.50. The van der Waals surface area contributed by atoms with E-state index in [-0.39, 0.29) is 5.91 Å². The number of carbonyl (C=O) groups excluding carboxylic acids is 1. The Labute approximate surface area is 151 Å².